The Morgan fingerprint density at radius 1 is 1.14 bits per heavy atom. The number of nitro groups is 1. The molecule has 0 unspecified atom stereocenters. The number of carbonyl (C=O) groups is 1. The number of nitrogens with zero attached hydrogens (tertiary/aromatic N) is 2. The largest absolute Gasteiger partial charge is 0.486 e. The standard InChI is InChI=1S/C21H20N2O5/c1-15(16-7-6-8-17(13-16)23(25)26)22(2)21(24)20-12-11-19(28-20)14-27-18-9-4-3-5-10-18/h3-13,15H,14H2,1-2H3/t15-/m0/s1. The Kier molecular flexibility index (Phi) is 5.74. The monoisotopic (exact) mass is 380 g/mol. The third kappa shape index (κ3) is 4.37. The number of furan rings is 1. The van der Waals surface area contributed by atoms with Gasteiger partial charge in [-0.2, -0.15) is 0 Å². The van der Waals surface area contributed by atoms with Gasteiger partial charge in [0.1, 0.15) is 18.1 Å². The first-order valence-corrected chi connectivity index (χ1v) is 8.74. The highest BCUT2D eigenvalue weighted by atomic mass is 16.6. The first-order valence-electron chi connectivity index (χ1n) is 8.74. The SMILES string of the molecule is C[C@@H](c1cccc([N+](=O)[O-])c1)N(C)C(=O)c1ccc(COc2ccccc2)o1. The number of rotatable bonds is 7. The molecule has 0 aliphatic heterocycles. The number of benzene rings is 2. The highest BCUT2D eigenvalue weighted by Gasteiger charge is 2.23. The number of para-hydroxylation sites is 1. The van der Waals surface area contributed by atoms with Crippen molar-refractivity contribution in [1.82, 2.24) is 4.90 Å². The van der Waals surface area contributed by atoms with Gasteiger partial charge >= 0.3 is 0 Å². The van der Waals surface area contributed by atoms with E-state index in [2.05, 4.69) is 0 Å². The van der Waals surface area contributed by atoms with Crippen molar-refractivity contribution in [2.75, 3.05) is 7.05 Å². The molecule has 0 fully saturated rings. The summed E-state index contributed by atoms with van der Waals surface area (Å²) in [6, 6.07) is 18.5. The summed E-state index contributed by atoms with van der Waals surface area (Å²) >= 11 is 0. The highest BCUT2D eigenvalue weighted by Crippen LogP contribution is 2.25. The number of hydrogen-bond acceptors (Lipinski definition) is 5. The first-order chi connectivity index (χ1) is 13.5. The zero-order valence-corrected chi connectivity index (χ0v) is 15.6. The molecule has 3 rings (SSSR count). The van der Waals surface area contributed by atoms with E-state index in [4.69, 9.17) is 9.15 Å². The van der Waals surface area contributed by atoms with Crippen molar-refractivity contribution >= 4 is 11.6 Å². The van der Waals surface area contributed by atoms with Crippen LogP contribution >= 0.6 is 0 Å². The van der Waals surface area contributed by atoms with Gasteiger partial charge in [-0.25, -0.2) is 0 Å². The van der Waals surface area contributed by atoms with Crippen molar-refractivity contribution in [1.29, 1.82) is 0 Å². The lowest BCUT2D eigenvalue weighted by Crippen LogP contribution is -2.29. The fourth-order valence-electron chi connectivity index (χ4n) is 2.71. The van der Waals surface area contributed by atoms with Crippen molar-refractivity contribution in [2.45, 2.75) is 19.6 Å². The molecule has 28 heavy (non-hydrogen) atoms. The lowest BCUT2D eigenvalue weighted by Gasteiger charge is -2.24. The van der Waals surface area contributed by atoms with E-state index in [0.717, 1.165) is 0 Å². The maximum Gasteiger partial charge on any atom is 0.289 e. The van der Waals surface area contributed by atoms with Crippen molar-refractivity contribution in [3.8, 4) is 5.75 Å². The lowest BCUT2D eigenvalue weighted by molar-refractivity contribution is -0.384. The fraction of sp³-hybridized carbons (Fsp3) is 0.190. The molecule has 2 aromatic carbocycles. The molecule has 144 valence electrons. The molecule has 1 atom stereocenters. The van der Waals surface area contributed by atoms with E-state index in [1.165, 1.54) is 17.0 Å². The number of nitro benzene ring substituents is 1. The minimum atomic E-state index is -0.455. The van der Waals surface area contributed by atoms with Crippen LogP contribution in [-0.4, -0.2) is 22.8 Å². The minimum absolute atomic E-state index is 0.0106. The molecule has 0 N–H and O–H groups in total. The molecule has 1 heterocycles. The molecule has 7 nitrogen and oxygen atoms in total. The second-order valence-electron chi connectivity index (χ2n) is 6.31. The van der Waals surface area contributed by atoms with Crippen molar-refractivity contribution in [3.63, 3.8) is 0 Å². The van der Waals surface area contributed by atoms with Crippen LogP contribution in [-0.2, 0) is 6.61 Å². The summed E-state index contributed by atoms with van der Waals surface area (Å²) in [5.41, 5.74) is 0.660. The average Bonchev–Trinajstić information content (AvgIpc) is 3.20. The number of ether oxygens (including phenoxy) is 1. The van der Waals surface area contributed by atoms with Crippen LogP contribution in [0.15, 0.2) is 71.1 Å². The number of carbonyl (C=O) groups excluding carboxylic acids is 1. The predicted octanol–water partition coefficient (Wildman–Crippen LogP) is 4.60. The predicted molar refractivity (Wildman–Crippen MR) is 103 cm³/mol. The summed E-state index contributed by atoms with van der Waals surface area (Å²) in [5, 5.41) is 11.0. The topological polar surface area (TPSA) is 85.8 Å². The van der Waals surface area contributed by atoms with Gasteiger partial charge in [-0.15, -0.1) is 0 Å². The Morgan fingerprint density at radius 3 is 2.61 bits per heavy atom. The van der Waals surface area contributed by atoms with Crippen LogP contribution in [0.1, 0.15) is 34.8 Å². The molecule has 0 spiro atoms. The normalized spacial score (nSPS) is 11.6. The van der Waals surface area contributed by atoms with Crippen molar-refractivity contribution in [3.05, 3.63) is 93.9 Å². The summed E-state index contributed by atoms with van der Waals surface area (Å²) in [4.78, 5) is 24.7. The van der Waals surface area contributed by atoms with Crippen LogP contribution in [0.4, 0.5) is 5.69 Å². The summed E-state index contributed by atoms with van der Waals surface area (Å²) in [5.74, 6) is 1.11. The summed E-state index contributed by atoms with van der Waals surface area (Å²) in [6.45, 7) is 2.01. The van der Waals surface area contributed by atoms with Gasteiger partial charge in [-0.3, -0.25) is 14.9 Å². The van der Waals surface area contributed by atoms with Gasteiger partial charge in [0.05, 0.1) is 11.0 Å². The zero-order valence-electron chi connectivity index (χ0n) is 15.6. The Morgan fingerprint density at radius 2 is 1.89 bits per heavy atom. The van der Waals surface area contributed by atoms with E-state index in [1.54, 1.807) is 38.2 Å². The van der Waals surface area contributed by atoms with Gasteiger partial charge < -0.3 is 14.1 Å². The highest BCUT2D eigenvalue weighted by molar-refractivity contribution is 5.91. The van der Waals surface area contributed by atoms with Gasteiger partial charge in [0.25, 0.3) is 11.6 Å². The molecule has 7 heteroatoms. The maximum atomic E-state index is 12.7. The first kappa shape index (κ1) is 19.2. The number of hydrogen-bond donors (Lipinski definition) is 0. The molecule has 0 bridgehead atoms. The van der Waals surface area contributed by atoms with Crippen molar-refractivity contribution < 1.29 is 18.9 Å². The zero-order chi connectivity index (χ0) is 20.1. The maximum absolute atomic E-state index is 12.7. The van der Waals surface area contributed by atoms with Crippen LogP contribution in [0.2, 0.25) is 0 Å². The van der Waals surface area contributed by atoms with Gasteiger partial charge in [-0.1, -0.05) is 30.3 Å². The second kappa shape index (κ2) is 8.39. The van der Waals surface area contributed by atoms with Crippen LogP contribution in [0, 0.1) is 10.1 Å². The van der Waals surface area contributed by atoms with E-state index in [0.29, 0.717) is 17.1 Å². The van der Waals surface area contributed by atoms with E-state index < -0.39 is 4.92 Å². The third-order valence-corrected chi connectivity index (χ3v) is 4.46. The van der Waals surface area contributed by atoms with E-state index in [-0.39, 0.29) is 30.0 Å². The van der Waals surface area contributed by atoms with Crippen molar-refractivity contribution in [2.24, 2.45) is 0 Å². The van der Waals surface area contributed by atoms with Gasteiger partial charge in [0, 0.05) is 19.2 Å². The van der Waals surface area contributed by atoms with Crippen LogP contribution in [0.25, 0.3) is 0 Å². The Balaban J connectivity index is 1.67. The number of non-ortho nitro benzene ring substituents is 1. The molecule has 1 amide bonds. The van der Waals surface area contributed by atoms with Gasteiger partial charge in [0.2, 0.25) is 0 Å². The Labute approximate surface area is 162 Å². The van der Waals surface area contributed by atoms with E-state index in [9.17, 15) is 14.9 Å². The molecule has 0 aliphatic carbocycles. The molecule has 1 aromatic heterocycles. The summed E-state index contributed by atoms with van der Waals surface area (Å²) in [7, 11) is 1.63. The minimum Gasteiger partial charge on any atom is -0.486 e. The molecule has 0 radical (unpaired) electrons. The van der Waals surface area contributed by atoms with E-state index in [1.807, 2.05) is 30.3 Å². The smallest absolute Gasteiger partial charge is 0.289 e. The molecule has 0 saturated carbocycles. The van der Waals surface area contributed by atoms with Crippen LogP contribution in [0.3, 0.4) is 0 Å². The average molecular weight is 380 g/mol. The summed E-state index contributed by atoms with van der Waals surface area (Å²) < 4.78 is 11.2. The second-order valence-corrected chi connectivity index (χ2v) is 6.31. The van der Waals surface area contributed by atoms with Gasteiger partial charge in [-0.05, 0) is 36.8 Å². The Bertz CT molecular complexity index is 968. The Hall–Kier alpha value is -3.61. The third-order valence-electron chi connectivity index (χ3n) is 4.46. The molecular weight excluding hydrogens is 360 g/mol. The van der Waals surface area contributed by atoms with E-state index >= 15 is 0 Å². The quantitative estimate of drug-likeness (QED) is 0.442. The van der Waals surface area contributed by atoms with Crippen LogP contribution < -0.4 is 4.74 Å². The molecule has 0 aliphatic rings. The molecular formula is C21H20N2O5. The summed E-state index contributed by atoms with van der Waals surface area (Å²) in [6.07, 6.45) is 0. The lowest BCUT2D eigenvalue weighted by atomic mass is 10.1. The fourth-order valence-corrected chi connectivity index (χ4v) is 2.71. The molecule has 0 saturated heterocycles. The molecule has 3 aromatic rings. The van der Waals surface area contributed by atoms with Crippen LogP contribution in [0.5, 0.6) is 5.75 Å². The number of amides is 1. The van der Waals surface area contributed by atoms with Gasteiger partial charge in [0.15, 0.2) is 5.76 Å².